The molecule has 0 aromatic carbocycles. The van der Waals surface area contributed by atoms with Crippen LogP contribution in [0.25, 0.3) is 11.2 Å². The molecule has 0 amide bonds. The Hall–Kier alpha value is -1.82. The Bertz CT molecular complexity index is 763. The van der Waals surface area contributed by atoms with Gasteiger partial charge < -0.3 is 4.57 Å². The fraction of sp³-hybridized carbons (Fsp3) is 0.462. The van der Waals surface area contributed by atoms with Gasteiger partial charge in [0.25, 0.3) is 0 Å². The molecular weight excluding hydrogens is 276 g/mol. The molecule has 0 radical (unpaired) electrons. The molecule has 0 bridgehead atoms. The highest BCUT2D eigenvalue weighted by Crippen LogP contribution is 2.26. The van der Waals surface area contributed by atoms with Gasteiger partial charge in [0, 0.05) is 25.9 Å². The summed E-state index contributed by atoms with van der Waals surface area (Å²) in [6.45, 7) is 4.59. The SMILES string of the molecule is Cc1nn(C)c2c1nc(C(C)Cl)n2Cc1cnn(C)c1. The van der Waals surface area contributed by atoms with Crippen LogP contribution in [-0.2, 0) is 20.6 Å². The summed E-state index contributed by atoms with van der Waals surface area (Å²) < 4.78 is 5.77. The van der Waals surface area contributed by atoms with E-state index in [4.69, 9.17) is 11.6 Å². The van der Waals surface area contributed by atoms with Crippen LogP contribution in [0.4, 0.5) is 0 Å². The Morgan fingerprint density at radius 2 is 2.10 bits per heavy atom. The van der Waals surface area contributed by atoms with Crippen molar-refractivity contribution < 1.29 is 0 Å². The van der Waals surface area contributed by atoms with Gasteiger partial charge in [0.2, 0.25) is 0 Å². The third kappa shape index (κ3) is 2.00. The minimum absolute atomic E-state index is 0.154. The van der Waals surface area contributed by atoms with Gasteiger partial charge in [0.15, 0.2) is 5.65 Å². The monoisotopic (exact) mass is 292 g/mol. The first-order valence-electron chi connectivity index (χ1n) is 6.48. The van der Waals surface area contributed by atoms with Gasteiger partial charge in [0.05, 0.1) is 23.8 Å². The van der Waals surface area contributed by atoms with E-state index < -0.39 is 0 Å². The molecule has 0 fully saturated rings. The molecule has 1 unspecified atom stereocenters. The summed E-state index contributed by atoms with van der Waals surface area (Å²) in [4.78, 5) is 4.66. The molecule has 0 saturated heterocycles. The third-order valence-corrected chi connectivity index (χ3v) is 3.57. The molecule has 0 aliphatic carbocycles. The molecule has 3 heterocycles. The van der Waals surface area contributed by atoms with Crippen molar-refractivity contribution in [3.8, 4) is 0 Å². The molecule has 0 N–H and O–H groups in total. The zero-order chi connectivity index (χ0) is 14.4. The topological polar surface area (TPSA) is 53.5 Å². The van der Waals surface area contributed by atoms with Crippen LogP contribution < -0.4 is 0 Å². The fourth-order valence-electron chi connectivity index (χ4n) is 2.55. The van der Waals surface area contributed by atoms with E-state index in [1.807, 2.05) is 45.0 Å². The summed E-state index contributed by atoms with van der Waals surface area (Å²) in [6, 6.07) is 0. The van der Waals surface area contributed by atoms with Gasteiger partial charge >= 0.3 is 0 Å². The van der Waals surface area contributed by atoms with Crippen LogP contribution in [0.5, 0.6) is 0 Å². The maximum atomic E-state index is 6.28. The van der Waals surface area contributed by atoms with E-state index in [1.165, 1.54) is 0 Å². The lowest BCUT2D eigenvalue weighted by Crippen LogP contribution is -2.08. The van der Waals surface area contributed by atoms with Crippen molar-refractivity contribution in [1.82, 2.24) is 29.1 Å². The third-order valence-electron chi connectivity index (χ3n) is 3.37. The van der Waals surface area contributed by atoms with Gasteiger partial charge in [-0.05, 0) is 13.8 Å². The number of nitrogens with zero attached hydrogens (tertiary/aromatic N) is 6. The number of imidazole rings is 1. The molecule has 106 valence electrons. The number of hydrogen-bond donors (Lipinski definition) is 0. The van der Waals surface area contributed by atoms with E-state index in [0.717, 1.165) is 28.2 Å². The molecular formula is C13H17ClN6. The number of alkyl halides is 1. The van der Waals surface area contributed by atoms with E-state index in [-0.39, 0.29) is 5.38 Å². The van der Waals surface area contributed by atoms with Crippen molar-refractivity contribution in [1.29, 1.82) is 0 Å². The molecule has 0 spiro atoms. The Balaban J connectivity index is 2.18. The van der Waals surface area contributed by atoms with E-state index in [2.05, 4.69) is 19.7 Å². The van der Waals surface area contributed by atoms with Gasteiger partial charge in [-0.25, -0.2) is 4.98 Å². The van der Waals surface area contributed by atoms with Crippen molar-refractivity contribution in [2.75, 3.05) is 0 Å². The van der Waals surface area contributed by atoms with E-state index in [1.54, 1.807) is 4.68 Å². The lowest BCUT2D eigenvalue weighted by atomic mass is 10.3. The highest BCUT2D eigenvalue weighted by molar-refractivity contribution is 6.20. The predicted molar refractivity (Wildman–Crippen MR) is 77.8 cm³/mol. The first-order chi connectivity index (χ1) is 9.47. The van der Waals surface area contributed by atoms with Crippen LogP contribution >= 0.6 is 11.6 Å². The predicted octanol–water partition coefficient (Wildman–Crippen LogP) is 2.16. The maximum Gasteiger partial charge on any atom is 0.159 e. The normalized spacial score (nSPS) is 13.2. The van der Waals surface area contributed by atoms with Crippen molar-refractivity contribution in [3.63, 3.8) is 0 Å². The number of fused-ring (bicyclic) bond motifs is 1. The highest BCUT2D eigenvalue weighted by Gasteiger charge is 2.20. The average Bonchev–Trinajstić information content (AvgIpc) is 3.00. The zero-order valence-electron chi connectivity index (χ0n) is 12.0. The van der Waals surface area contributed by atoms with Gasteiger partial charge in [0.1, 0.15) is 11.3 Å². The van der Waals surface area contributed by atoms with Crippen molar-refractivity contribution in [3.05, 3.63) is 29.5 Å². The maximum absolute atomic E-state index is 6.28. The molecule has 0 aliphatic heterocycles. The van der Waals surface area contributed by atoms with E-state index >= 15 is 0 Å². The van der Waals surface area contributed by atoms with Crippen LogP contribution in [0.15, 0.2) is 12.4 Å². The van der Waals surface area contributed by atoms with E-state index in [9.17, 15) is 0 Å². The van der Waals surface area contributed by atoms with Gasteiger partial charge in [-0.3, -0.25) is 9.36 Å². The Morgan fingerprint density at radius 1 is 1.35 bits per heavy atom. The largest absolute Gasteiger partial charge is 0.307 e. The lowest BCUT2D eigenvalue weighted by Gasteiger charge is -2.09. The number of rotatable bonds is 3. The summed E-state index contributed by atoms with van der Waals surface area (Å²) in [7, 11) is 3.84. The Kier molecular flexibility index (Phi) is 3.05. The quantitative estimate of drug-likeness (QED) is 0.695. The highest BCUT2D eigenvalue weighted by atomic mass is 35.5. The van der Waals surface area contributed by atoms with Crippen molar-refractivity contribution in [2.45, 2.75) is 25.8 Å². The number of hydrogen-bond acceptors (Lipinski definition) is 3. The smallest absolute Gasteiger partial charge is 0.159 e. The number of halogens is 1. The first kappa shape index (κ1) is 13.2. The van der Waals surface area contributed by atoms with Crippen molar-refractivity contribution in [2.24, 2.45) is 14.1 Å². The zero-order valence-corrected chi connectivity index (χ0v) is 12.8. The molecule has 7 heteroatoms. The Morgan fingerprint density at radius 3 is 2.70 bits per heavy atom. The summed E-state index contributed by atoms with van der Waals surface area (Å²) in [5.74, 6) is 0.863. The summed E-state index contributed by atoms with van der Waals surface area (Å²) >= 11 is 6.28. The second-order valence-corrected chi connectivity index (χ2v) is 5.73. The van der Waals surface area contributed by atoms with E-state index in [0.29, 0.717) is 6.54 Å². The molecule has 20 heavy (non-hydrogen) atoms. The second kappa shape index (κ2) is 4.63. The summed E-state index contributed by atoms with van der Waals surface area (Å²) in [5.41, 5.74) is 3.95. The minimum Gasteiger partial charge on any atom is -0.307 e. The fourth-order valence-corrected chi connectivity index (χ4v) is 2.71. The van der Waals surface area contributed by atoms with Crippen LogP contribution in [0.2, 0.25) is 0 Å². The van der Waals surface area contributed by atoms with Gasteiger partial charge in [-0.2, -0.15) is 10.2 Å². The Labute approximate surface area is 122 Å². The average molecular weight is 293 g/mol. The number of aromatic nitrogens is 6. The minimum atomic E-state index is -0.154. The lowest BCUT2D eigenvalue weighted by molar-refractivity contribution is 0.685. The number of aryl methyl sites for hydroxylation is 3. The summed E-state index contributed by atoms with van der Waals surface area (Å²) in [5, 5.41) is 8.48. The summed E-state index contributed by atoms with van der Waals surface area (Å²) in [6.07, 6.45) is 3.86. The molecule has 3 aromatic rings. The van der Waals surface area contributed by atoms with Crippen LogP contribution in [0.3, 0.4) is 0 Å². The van der Waals surface area contributed by atoms with Crippen LogP contribution in [-0.4, -0.2) is 29.1 Å². The van der Waals surface area contributed by atoms with Crippen molar-refractivity contribution >= 4 is 22.8 Å². The first-order valence-corrected chi connectivity index (χ1v) is 6.92. The van der Waals surface area contributed by atoms with Gasteiger partial charge in [-0.1, -0.05) is 0 Å². The molecule has 0 aliphatic rings. The molecule has 6 nitrogen and oxygen atoms in total. The second-order valence-electron chi connectivity index (χ2n) is 5.08. The van der Waals surface area contributed by atoms with Crippen LogP contribution in [0.1, 0.15) is 29.4 Å². The van der Waals surface area contributed by atoms with Gasteiger partial charge in [-0.15, -0.1) is 11.6 Å². The molecule has 3 rings (SSSR count). The molecule has 0 saturated carbocycles. The molecule has 1 atom stereocenters. The standard InChI is InChI=1S/C13H17ClN6/c1-8(14)12-16-11-9(2)17-19(4)13(11)20(12)7-10-5-15-18(3)6-10/h5-6,8H,7H2,1-4H3. The van der Waals surface area contributed by atoms with Crippen LogP contribution in [0, 0.1) is 6.92 Å². The molecule has 3 aromatic heterocycles.